The summed E-state index contributed by atoms with van der Waals surface area (Å²) in [4.78, 5) is 22.5. The number of anilines is 1. The first-order valence-corrected chi connectivity index (χ1v) is 6.57. The van der Waals surface area contributed by atoms with Crippen LogP contribution in [0.1, 0.15) is 12.0 Å². The monoisotopic (exact) mass is 300 g/mol. The van der Waals surface area contributed by atoms with Gasteiger partial charge in [-0.2, -0.15) is 0 Å². The molecule has 0 saturated heterocycles. The zero-order chi connectivity index (χ0) is 15.3. The van der Waals surface area contributed by atoms with E-state index in [-0.39, 0.29) is 5.69 Å². The Morgan fingerprint density at radius 1 is 1.45 bits per heavy atom. The van der Waals surface area contributed by atoms with Crippen molar-refractivity contribution in [3.05, 3.63) is 29.8 Å². The molecule has 2 unspecified atom stereocenters. The number of aryl methyl sites for hydroxylation is 1. The maximum Gasteiger partial charge on any atom is 0.267 e. The van der Waals surface area contributed by atoms with Crippen LogP contribution >= 0.6 is 0 Å². The van der Waals surface area contributed by atoms with Gasteiger partial charge in [0.05, 0.1) is 6.42 Å². The van der Waals surface area contributed by atoms with Crippen LogP contribution in [0.3, 0.4) is 0 Å². The standard InChI is InChI=1S/C11H15N3O5S/c1-7-2-4-8(5-3-7)14(20(18)19)9(6-10(12)15)11(16)13-17/h2-5,9,17H,6H2,1H3,(H2,12,15)(H,13,16)(H,18,19)/p-1. The van der Waals surface area contributed by atoms with Crippen molar-refractivity contribution in [1.82, 2.24) is 5.48 Å². The number of hydrogen-bond acceptors (Lipinski definition) is 5. The molecule has 8 nitrogen and oxygen atoms in total. The van der Waals surface area contributed by atoms with Gasteiger partial charge in [-0.25, -0.2) is 5.48 Å². The van der Waals surface area contributed by atoms with E-state index in [1.165, 1.54) is 17.6 Å². The number of nitrogens with two attached hydrogens (primary N) is 1. The number of nitrogens with zero attached hydrogens (tertiary/aromatic N) is 1. The minimum absolute atomic E-state index is 0.179. The van der Waals surface area contributed by atoms with Crippen LogP contribution in [0.25, 0.3) is 0 Å². The summed E-state index contributed by atoms with van der Waals surface area (Å²) in [6, 6.07) is 4.78. The molecule has 4 N–H and O–H groups in total. The molecule has 2 amide bonds. The number of nitrogens with one attached hydrogen (secondary N) is 1. The molecule has 0 aromatic heterocycles. The van der Waals surface area contributed by atoms with Crippen molar-refractivity contribution in [2.75, 3.05) is 4.31 Å². The van der Waals surface area contributed by atoms with Crippen LogP contribution in [-0.4, -0.2) is 31.8 Å². The molecule has 110 valence electrons. The Bertz CT molecular complexity index is 519. The molecule has 1 aromatic rings. The zero-order valence-corrected chi connectivity index (χ0v) is 11.4. The Balaban J connectivity index is 3.20. The largest absolute Gasteiger partial charge is 0.755 e. The normalized spacial score (nSPS) is 13.3. The van der Waals surface area contributed by atoms with Gasteiger partial charge in [-0.1, -0.05) is 17.7 Å². The van der Waals surface area contributed by atoms with Crippen LogP contribution in [0.15, 0.2) is 24.3 Å². The molecule has 20 heavy (non-hydrogen) atoms. The molecule has 0 aliphatic carbocycles. The van der Waals surface area contributed by atoms with E-state index in [0.717, 1.165) is 5.56 Å². The second-order valence-corrected chi connectivity index (χ2v) is 4.87. The first kappa shape index (κ1) is 16.1. The highest BCUT2D eigenvalue weighted by molar-refractivity contribution is 7.80. The van der Waals surface area contributed by atoms with Crippen LogP contribution in [-0.2, 0) is 20.9 Å². The predicted molar refractivity (Wildman–Crippen MR) is 70.1 cm³/mol. The van der Waals surface area contributed by atoms with Crippen molar-refractivity contribution in [2.45, 2.75) is 19.4 Å². The number of primary amides is 1. The summed E-state index contributed by atoms with van der Waals surface area (Å²) in [5, 5.41) is 8.66. The average Bonchev–Trinajstić information content (AvgIpc) is 2.38. The van der Waals surface area contributed by atoms with Gasteiger partial charge in [0.1, 0.15) is 6.04 Å². The van der Waals surface area contributed by atoms with Crippen LogP contribution in [0.2, 0.25) is 0 Å². The van der Waals surface area contributed by atoms with Crippen LogP contribution < -0.4 is 15.5 Å². The molecule has 0 heterocycles. The van der Waals surface area contributed by atoms with E-state index < -0.39 is 35.5 Å². The highest BCUT2D eigenvalue weighted by atomic mass is 32.2. The lowest BCUT2D eigenvalue weighted by atomic mass is 10.1. The smallest absolute Gasteiger partial charge is 0.267 e. The second-order valence-electron chi connectivity index (χ2n) is 4.04. The lowest BCUT2D eigenvalue weighted by Gasteiger charge is -2.32. The van der Waals surface area contributed by atoms with Crippen LogP contribution in [0, 0.1) is 6.92 Å². The fraction of sp³-hybridized carbons (Fsp3) is 0.273. The van der Waals surface area contributed by atoms with Crippen LogP contribution in [0.4, 0.5) is 5.69 Å². The summed E-state index contributed by atoms with van der Waals surface area (Å²) in [5.74, 6) is -1.92. The van der Waals surface area contributed by atoms with Gasteiger partial charge in [-0.3, -0.25) is 23.3 Å². The van der Waals surface area contributed by atoms with Gasteiger partial charge in [-0.15, -0.1) is 0 Å². The number of hydroxylamine groups is 1. The van der Waals surface area contributed by atoms with E-state index in [0.29, 0.717) is 4.31 Å². The predicted octanol–water partition coefficient (Wildman–Crippen LogP) is -0.655. The fourth-order valence-corrected chi connectivity index (χ4v) is 2.28. The molecule has 1 aromatic carbocycles. The quantitative estimate of drug-likeness (QED) is 0.364. The molecule has 0 spiro atoms. The van der Waals surface area contributed by atoms with Gasteiger partial charge in [0.15, 0.2) is 0 Å². The molecule has 0 bridgehead atoms. The lowest BCUT2D eigenvalue weighted by molar-refractivity contribution is -0.132. The fourth-order valence-electron chi connectivity index (χ4n) is 1.61. The Labute approximate surface area is 117 Å². The minimum atomic E-state index is -2.83. The van der Waals surface area contributed by atoms with E-state index >= 15 is 0 Å². The average molecular weight is 300 g/mol. The molecule has 0 aliphatic rings. The number of amides is 2. The Kier molecular flexibility index (Phi) is 5.62. The Morgan fingerprint density at radius 3 is 2.40 bits per heavy atom. The van der Waals surface area contributed by atoms with Gasteiger partial charge in [0.25, 0.3) is 5.91 Å². The maximum atomic E-state index is 11.5. The third-order valence-corrected chi connectivity index (χ3v) is 3.33. The number of hydrogen-bond donors (Lipinski definition) is 3. The van der Waals surface area contributed by atoms with E-state index in [9.17, 15) is 18.4 Å². The molecule has 2 atom stereocenters. The van der Waals surface area contributed by atoms with Crippen molar-refractivity contribution in [3.8, 4) is 0 Å². The van der Waals surface area contributed by atoms with E-state index in [2.05, 4.69) is 0 Å². The first-order valence-electron chi connectivity index (χ1n) is 5.54. The van der Waals surface area contributed by atoms with Gasteiger partial charge in [0.2, 0.25) is 5.91 Å². The van der Waals surface area contributed by atoms with Crippen molar-refractivity contribution in [1.29, 1.82) is 0 Å². The molecule has 0 radical (unpaired) electrons. The number of carbonyl (C=O) groups excluding carboxylic acids is 2. The SMILES string of the molecule is Cc1ccc(N(C(CC(N)=O)C(=O)NO)S(=O)[O-])cc1. The van der Waals surface area contributed by atoms with Crippen molar-refractivity contribution in [3.63, 3.8) is 0 Å². The van der Waals surface area contributed by atoms with Crippen molar-refractivity contribution >= 4 is 28.8 Å². The molecule has 1 rings (SSSR count). The molecular formula is C11H14N3O5S-. The lowest BCUT2D eigenvalue weighted by Crippen LogP contribution is -2.49. The van der Waals surface area contributed by atoms with Crippen LogP contribution in [0.5, 0.6) is 0 Å². The topological polar surface area (TPSA) is 136 Å². The Morgan fingerprint density at radius 2 is 2.00 bits per heavy atom. The highest BCUT2D eigenvalue weighted by Gasteiger charge is 2.29. The van der Waals surface area contributed by atoms with Gasteiger partial charge in [-0.05, 0) is 19.1 Å². The van der Waals surface area contributed by atoms with Gasteiger partial charge in [0, 0.05) is 17.0 Å². The third kappa shape index (κ3) is 4.02. The van der Waals surface area contributed by atoms with Crippen molar-refractivity contribution < 1.29 is 23.6 Å². The summed E-state index contributed by atoms with van der Waals surface area (Å²) in [5.41, 5.74) is 7.39. The minimum Gasteiger partial charge on any atom is -0.755 e. The second kappa shape index (κ2) is 6.98. The molecule has 9 heteroatoms. The third-order valence-electron chi connectivity index (χ3n) is 2.54. The Hall–Kier alpha value is -1.97. The first-order chi connectivity index (χ1) is 9.36. The van der Waals surface area contributed by atoms with Gasteiger partial charge < -0.3 is 10.3 Å². The molecular weight excluding hydrogens is 286 g/mol. The number of rotatable bonds is 6. The number of benzene rings is 1. The molecule has 0 saturated carbocycles. The summed E-state index contributed by atoms with van der Waals surface area (Å²) in [7, 11) is 0. The highest BCUT2D eigenvalue weighted by Crippen LogP contribution is 2.21. The van der Waals surface area contributed by atoms with Gasteiger partial charge >= 0.3 is 0 Å². The van der Waals surface area contributed by atoms with E-state index in [1.807, 2.05) is 6.92 Å². The molecule has 0 fully saturated rings. The zero-order valence-electron chi connectivity index (χ0n) is 10.6. The summed E-state index contributed by atoms with van der Waals surface area (Å²) in [6.45, 7) is 1.81. The number of carbonyl (C=O) groups is 2. The summed E-state index contributed by atoms with van der Waals surface area (Å²) < 4.78 is 23.4. The van der Waals surface area contributed by atoms with E-state index in [4.69, 9.17) is 10.9 Å². The molecule has 0 aliphatic heterocycles. The maximum absolute atomic E-state index is 11.5. The van der Waals surface area contributed by atoms with Crippen molar-refractivity contribution in [2.24, 2.45) is 5.73 Å². The summed E-state index contributed by atoms with van der Waals surface area (Å²) >= 11 is -2.83. The van der Waals surface area contributed by atoms with E-state index in [1.54, 1.807) is 12.1 Å². The summed E-state index contributed by atoms with van der Waals surface area (Å²) in [6.07, 6.45) is -0.561.